The van der Waals surface area contributed by atoms with Gasteiger partial charge in [-0.05, 0) is 67.3 Å². The minimum Gasteiger partial charge on any atom is -0.460 e. The van der Waals surface area contributed by atoms with E-state index in [1.807, 2.05) is 23.9 Å². The van der Waals surface area contributed by atoms with Crippen LogP contribution in [-0.4, -0.2) is 10.2 Å². The number of halogens is 2. The minimum absolute atomic E-state index is 0.0273. The fraction of sp³-hybridized carbons (Fsp3) is 0.381. The second-order valence-corrected chi connectivity index (χ2v) is 11.1. The molecule has 3 nitrogen and oxygen atoms in total. The third-order valence-electron chi connectivity index (χ3n) is 6.59. The van der Waals surface area contributed by atoms with Gasteiger partial charge in [-0.15, -0.1) is 11.8 Å². The van der Waals surface area contributed by atoms with Gasteiger partial charge in [-0.25, -0.2) is 0 Å². The maximum absolute atomic E-state index is 12.1. The van der Waals surface area contributed by atoms with Crippen molar-refractivity contribution in [1.29, 1.82) is 0 Å². The molecule has 3 heterocycles. The van der Waals surface area contributed by atoms with Crippen LogP contribution in [0.2, 0.25) is 10.0 Å². The van der Waals surface area contributed by atoms with Gasteiger partial charge >= 0.3 is 4.87 Å². The smallest absolute Gasteiger partial charge is 0.305 e. The lowest BCUT2D eigenvalue weighted by Crippen LogP contribution is -2.33. The molecule has 3 aromatic rings. The number of aromatic amines is 1. The van der Waals surface area contributed by atoms with Gasteiger partial charge in [0.15, 0.2) is 0 Å². The average Bonchev–Trinajstić information content (AvgIpc) is 3.44. The maximum Gasteiger partial charge on any atom is 0.305 e. The van der Waals surface area contributed by atoms with E-state index in [0.29, 0.717) is 21.2 Å². The van der Waals surface area contributed by atoms with Gasteiger partial charge in [0, 0.05) is 15.8 Å². The fourth-order valence-electron chi connectivity index (χ4n) is 5.52. The number of fused-ring (bicyclic) bond motifs is 6. The molecule has 1 aliphatic heterocycles. The van der Waals surface area contributed by atoms with Crippen LogP contribution in [0.4, 0.5) is 0 Å². The molecule has 28 heavy (non-hydrogen) atoms. The lowest BCUT2D eigenvalue weighted by atomic mass is 9.77. The minimum atomic E-state index is 0.0273. The maximum atomic E-state index is 12.1. The third-order valence-corrected chi connectivity index (χ3v) is 9.78. The van der Waals surface area contributed by atoms with Crippen molar-refractivity contribution in [3.8, 4) is 11.3 Å². The lowest BCUT2D eigenvalue weighted by molar-refractivity contribution is 0.285. The van der Waals surface area contributed by atoms with E-state index in [1.54, 1.807) is 12.1 Å². The van der Waals surface area contributed by atoms with Crippen LogP contribution in [0.15, 0.2) is 44.6 Å². The highest BCUT2D eigenvalue weighted by molar-refractivity contribution is 8.00. The van der Waals surface area contributed by atoms with Crippen LogP contribution in [0.25, 0.3) is 11.3 Å². The number of hydrogen-bond acceptors (Lipinski definition) is 4. The van der Waals surface area contributed by atoms with Crippen LogP contribution in [0.1, 0.15) is 35.8 Å². The van der Waals surface area contributed by atoms with Gasteiger partial charge in [-0.3, -0.25) is 4.79 Å². The summed E-state index contributed by atoms with van der Waals surface area (Å²) < 4.78 is 6.37. The lowest BCUT2D eigenvalue weighted by Gasteiger charge is -2.38. The van der Waals surface area contributed by atoms with Crippen LogP contribution in [0.3, 0.4) is 0 Å². The SMILES string of the molecule is O=c1[nH]c2c(s1)[C@@H](c1ccc(-c3cc(Cl)ccc3Cl)o1)[C@H]1[C@@H]3CC[C@H](C3)[C@H]1S2. The van der Waals surface area contributed by atoms with Crippen LogP contribution in [-0.2, 0) is 0 Å². The highest BCUT2D eigenvalue weighted by Gasteiger charge is 2.55. The summed E-state index contributed by atoms with van der Waals surface area (Å²) in [6.45, 7) is 0. The highest BCUT2D eigenvalue weighted by atomic mass is 35.5. The highest BCUT2D eigenvalue weighted by Crippen LogP contribution is 2.63. The van der Waals surface area contributed by atoms with Gasteiger partial charge in [0.25, 0.3) is 0 Å². The predicted molar refractivity (Wildman–Crippen MR) is 115 cm³/mol. The molecule has 144 valence electrons. The number of aromatic nitrogens is 1. The molecule has 0 spiro atoms. The first kappa shape index (κ1) is 17.7. The van der Waals surface area contributed by atoms with E-state index in [2.05, 4.69) is 11.1 Å². The van der Waals surface area contributed by atoms with Crippen LogP contribution < -0.4 is 4.87 Å². The number of rotatable bonds is 2. The quantitative estimate of drug-likeness (QED) is 0.475. The third kappa shape index (κ3) is 2.59. The molecule has 2 aliphatic carbocycles. The number of furan rings is 1. The van der Waals surface area contributed by atoms with Crippen molar-refractivity contribution in [2.75, 3.05) is 0 Å². The first-order chi connectivity index (χ1) is 13.6. The molecule has 7 heteroatoms. The summed E-state index contributed by atoms with van der Waals surface area (Å²) >= 11 is 15.8. The van der Waals surface area contributed by atoms with Crippen molar-refractivity contribution in [1.82, 2.24) is 4.98 Å². The first-order valence-corrected chi connectivity index (χ1v) is 12.0. The van der Waals surface area contributed by atoms with E-state index in [4.69, 9.17) is 27.6 Å². The first-order valence-electron chi connectivity index (χ1n) is 9.53. The van der Waals surface area contributed by atoms with Gasteiger partial charge in [0.05, 0.1) is 20.8 Å². The Morgan fingerprint density at radius 2 is 1.96 bits per heavy atom. The van der Waals surface area contributed by atoms with Gasteiger partial charge in [-0.1, -0.05) is 34.5 Å². The zero-order valence-corrected chi connectivity index (χ0v) is 17.9. The van der Waals surface area contributed by atoms with Crippen molar-refractivity contribution >= 4 is 46.3 Å². The number of H-pyrrole nitrogens is 1. The summed E-state index contributed by atoms with van der Waals surface area (Å²) in [5.74, 6) is 3.83. The Balaban J connectivity index is 1.47. The Labute approximate surface area is 180 Å². The number of thiazole rings is 1. The topological polar surface area (TPSA) is 46.0 Å². The predicted octanol–water partition coefficient (Wildman–Crippen LogP) is 6.66. The molecule has 2 bridgehead atoms. The largest absolute Gasteiger partial charge is 0.460 e. The van der Waals surface area contributed by atoms with E-state index >= 15 is 0 Å². The summed E-state index contributed by atoms with van der Waals surface area (Å²) in [5.41, 5.74) is 0.803. The van der Waals surface area contributed by atoms with E-state index in [1.165, 1.54) is 30.6 Å². The molecule has 2 aromatic heterocycles. The molecule has 1 N–H and O–H groups in total. The van der Waals surface area contributed by atoms with Crippen LogP contribution in [0, 0.1) is 17.8 Å². The summed E-state index contributed by atoms with van der Waals surface area (Å²) in [7, 11) is 0. The van der Waals surface area contributed by atoms with Crippen LogP contribution in [0.5, 0.6) is 0 Å². The molecule has 0 amide bonds. The van der Waals surface area contributed by atoms with Crippen molar-refractivity contribution in [3.63, 3.8) is 0 Å². The van der Waals surface area contributed by atoms with Gasteiger partial charge in [0.1, 0.15) is 11.5 Å². The second kappa shape index (κ2) is 6.43. The normalized spacial score (nSPS) is 30.4. The van der Waals surface area contributed by atoms with E-state index in [9.17, 15) is 4.79 Å². The Kier molecular flexibility index (Phi) is 4.06. The van der Waals surface area contributed by atoms with Crippen molar-refractivity contribution in [2.45, 2.75) is 35.5 Å². The monoisotopic (exact) mass is 449 g/mol. The molecule has 2 saturated carbocycles. The fourth-order valence-corrected chi connectivity index (χ4v) is 8.78. The molecular weight excluding hydrogens is 433 g/mol. The second-order valence-electron chi connectivity index (χ2n) is 8.00. The van der Waals surface area contributed by atoms with Gasteiger partial charge in [-0.2, -0.15) is 0 Å². The van der Waals surface area contributed by atoms with Crippen molar-refractivity contribution < 1.29 is 4.42 Å². The molecule has 6 rings (SSSR count). The van der Waals surface area contributed by atoms with Crippen molar-refractivity contribution in [3.05, 3.63) is 60.7 Å². The van der Waals surface area contributed by atoms with E-state index in [-0.39, 0.29) is 10.8 Å². The Morgan fingerprint density at radius 1 is 1.11 bits per heavy atom. The standard InChI is InChI=1S/C21H17Cl2NO2S2/c22-11-3-4-13(23)12(8-11)14-5-6-15(26-14)17-16-9-1-2-10(7-9)18(16)27-20-19(17)28-21(25)24-20/h3-6,8-10,16-18H,1-2,7H2,(H,24,25)/t9-,10-,16-,17+,18-/m1/s1. The summed E-state index contributed by atoms with van der Waals surface area (Å²) in [4.78, 5) is 16.4. The molecule has 3 aliphatic rings. The number of nitrogens with one attached hydrogen (secondary N) is 1. The van der Waals surface area contributed by atoms with E-state index < -0.39 is 0 Å². The van der Waals surface area contributed by atoms with Gasteiger partial charge in [0.2, 0.25) is 0 Å². The Bertz CT molecular complexity index is 1130. The van der Waals surface area contributed by atoms with Crippen molar-refractivity contribution in [2.24, 2.45) is 17.8 Å². The average molecular weight is 450 g/mol. The Morgan fingerprint density at radius 3 is 2.86 bits per heavy atom. The van der Waals surface area contributed by atoms with Gasteiger partial charge < -0.3 is 9.40 Å². The summed E-state index contributed by atoms with van der Waals surface area (Å²) in [6, 6.07) is 9.44. The molecule has 0 saturated heterocycles. The number of thioether (sulfide) groups is 1. The summed E-state index contributed by atoms with van der Waals surface area (Å²) in [6.07, 6.45) is 3.92. The molecule has 5 atom stereocenters. The molecule has 2 fully saturated rings. The number of hydrogen-bond donors (Lipinski definition) is 1. The molecule has 0 radical (unpaired) electrons. The molecular formula is C21H17Cl2NO2S2. The molecule has 0 unspecified atom stereocenters. The molecule has 1 aromatic carbocycles. The zero-order valence-electron chi connectivity index (χ0n) is 14.8. The zero-order chi connectivity index (χ0) is 19.0. The number of benzene rings is 1. The van der Waals surface area contributed by atoms with E-state index in [0.717, 1.165) is 38.8 Å². The van der Waals surface area contributed by atoms with Crippen LogP contribution >= 0.6 is 46.3 Å². The summed E-state index contributed by atoms with van der Waals surface area (Å²) in [5, 5.41) is 2.87. The Hall–Kier alpha value is -1.14.